The zero-order chi connectivity index (χ0) is 15.2. The molecule has 1 heterocycles. The van der Waals surface area contributed by atoms with Crippen molar-refractivity contribution in [3.8, 4) is 0 Å². The molecule has 0 aliphatic carbocycles. The van der Waals surface area contributed by atoms with E-state index in [1.165, 1.54) is 5.56 Å². The van der Waals surface area contributed by atoms with Crippen LogP contribution in [0.15, 0.2) is 30.3 Å². The molecule has 1 aromatic heterocycles. The summed E-state index contributed by atoms with van der Waals surface area (Å²) in [6.07, 6.45) is 1.84. The molecule has 0 fully saturated rings. The van der Waals surface area contributed by atoms with Gasteiger partial charge in [-0.2, -0.15) is 0 Å². The lowest BCUT2D eigenvalue weighted by atomic mass is 10.2. The number of nitrogens with two attached hydrogens (primary N) is 1. The van der Waals surface area contributed by atoms with Crippen molar-refractivity contribution in [3.63, 3.8) is 0 Å². The second kappa shape index (κ2) is 7.18. The third-order valence-corrected chi connectivity index (χ3v) is 3.42. The fourth-order valence-electron chi connectivity index (χ4n) is 2.35. The Kier molecular flexibility index (Phi) is 5.28. The smallest absolute Gasteiger partial charge is 0.136 e. The highest BCUT2D eigenvalue weighted by atomic mass is 15.2. The summed E-state index contributed by atoms with van der Waals surface area (Å²) in [4.78, 5) is 11.3. The van der Waals surface area contributed by atoms with E-state index < -0.39 is 0 Å². The van der Waals surface area contributed by atoms with Crippen molar-refractivity contribution in [2.75, 3.05) is 18.0 Å². The summed E-state index contributed by atoms with van der Waals surface area (Å²) in [5.41, 5.74) is 9.16. The number of hydrogen-bond acceptors (Lipinski definition) is 4. The molecule has 4 heteroatoms. The van der Waals surface area contributed by atoms with Gasteiger partial charge in [0.2, 0.25) is 0 Å². The van der Waals surface area contributed by atoms with Crippen LogP contribution >= 0.6 is 0 Å². The lowest BCUT2D eigenvalue weighted by Crippen LogP contribution is -2.22. The maximum atomic E-state index is 5.69. The minimum Gasteiger partial charge on any atom is -0.330 e. The molecule has 0 bridgehead atoms. The van der Waals surface area contributed by atoms with Gasteiger partial charge in [0.1, 0.15) is 11.6 Å². The second-order valence-electron chi connectivity index (χ2n) is 5.25. The Hall–Kier alpha value is -1.94. The molecule has 2 aromatic rings. The minimum absolute atomic E-state index is 0.674. The molecule has 0 unspecified atom stereocenters. The Morgan fingerprint density at radius 1 is 1.14 bits per heavy atom. The summed E-state index contributed by atoms with van der Waals surface area (Å²) < 4.78 is 0. The van der Waals surface area contributed by atoms with Crippen LogP contribution in [0.3, 0.4) is 0 Å². The van der Waals surface area contributed by atoms with Crippen molar-refractivity contribution in [1.29, 1.82) is 0 Å². The number of aryl methyl sites for hydroxylation is 3. The first-order valence-electron chi connectivity index (χ1n) is 7.53. The van der Waals surface area contributed by atoms with Crippen molar-refractivity contribution < 1.29 is 0 Å². The van der Waals surface area contributed by atoms with E-state index in [1.807, 2.05) is 6.92 Å². The van der Waals surface area contributed by atoms with Gasteiger partial charge in [-0.25, -0.2) is 9.97 Å². The Bertz CT molecular complexity index is 595. The molecule has 2 N–H and O–H groups in total. The predicted molar refractivity (Wildman–Crippen MR) is 88.0 cm³/mol. The molecule has 0 saturated heterocycles. The predicted octanol–water partition coefficient (Wildman–Crippen LogP) is 3.14. The van der Waals surface area contributed by atoms with Crippen molar-refractivity contribution >= 4 is 11.5 Å². The first kappa shape index (κ1) is 15.4. The SMILES string of the molecule is CCc1cc(N(CCCN)c2cccc(C)c2)nc(C)n1. The largest absolute Gasteiger partial charge is 0.330 e. The molecule has 1 aromatic carbocycles. The van der Waals surface area contributed by atoms with E-state index in [4.69, 9.17) is 5.73 Å². The van der Waals surface area contributed by atoms with E-state index in [9.17, 15) is 0 Å². The highest BCUT2D eigenvalue weighted by Crippen LogP contribution is 2.25. The normalized spacial score (nSPS) is 10.7. The van der Waals surface area contributed by atoms with E-state index in [0.717, 1.165) is 42.4 Å². The van der Waals surface area contributed by atoms with E-state index in [2.05, 4.69) is 59.0 Å². The maximum absolute atomic E-state index is 5.69. The van der Waals surface area contributed by atoms with E-state index in [1.54, 1.807) is 0 Å². The van der Waals surface area contributed by atoms with Gasteiger partial charge >= 0.3 is 0 Å². The van der Waals surface area contributed by atoms with Crippen molar-refractivity contribution in [3.05, 3.63) is 47.4 Å². The van der Waals surface area contributed by atoms with E-state index in [-0.39, 0.29) is 0 Å². The number of rotatable bonds is 6. The highest BCUT2D eigenvalue weighted by molar-refractivity contribution is 5.61. The Labute approximate surface area is 127 Å². The average Bonchev–Trinajstić information content (AvgIpc) is 2.47. The Morgan fingerprint density at radius 3 is 2.62 bits per heavy atom. The van der Waals surface area contributed by atoms with Gasteiger partial charge in [-0.15, -0.1) is 0 Å². The molecule has 0 aliphatic rings. The van der Waals surface area contributed by atoms with Gasteiger partial charge in [0, 0.05) is 24.0 Å². The van der Waals surface area contributed by atoms with Crippen LogP contribution in [-0.4, -0.2) is 23.1 Å². The van der Waals surface area contributed by atoms with Crippen LogP contribution in [0.4, 0.5) is 11.5 Å². The minimum atomic E-state index is 0.674. The number of aromatic nitrogens is 2. The topological polar surface area (TPSA) is 55.0 Å². The Balaban J connectivity index is 2.42. The van der Waals surface area contributed by atoms with Gasteiger partial charge < -0.3 is 10.6 Å². The molecule has 4 nitrogen and oxygen atoms in total. The van der Waals surface area contributed by atoms with Gasteiger partial charge in [-0.1, -0.05) is 19.1 Å². The average molecular weight is 284 g/mol. The molecule has 0 saturated carbocycles. The standard InChI is InChI=1S/C17H24N4/c1-4-15-12-17(20-14(3)19-15)21(10-6-9-18)16-8-5-7-13(2)11-16/h5,7-8,11-12H,4,6,9-10,18H2,1-3H3. The van der Waals surface area contributed by atoms with Crippen LogP contribution in [0.5, 0.6) is 0 Å². The molecule has 0 amide bonds. The Morgan fingerprint density at radius 2 is 1.95 bits per heavy atom. The fraction of sp³-hybridized carbons (Fsp3) is 0.412. The van der Waals surface area contributed by atoms with Crippen LogP contribution in [0.1, 0.15) is 30.4 Å². The molecule has 0 aliphatic heterocycles. The molecule has 0 atom stereocenters. The molecular weight excluding hydrogens is 260 g/mol. The van der Waals surface area contributed by atoms with Gasteiger partial charge in [-0.05, 0) is 50.9 Å². The quantitative estimate of drug-likeness (QED) is 0.885. The monoisotopic (exact) mass is 284 g/mol. The van der Waals surface area contributed by atoms with E-state index in [0.29, 0.717) is 6.54 Å². The summed E-state index contributed by atoms with van der Waals surface area (Å²) in [6, 6.07) is 10.6. The number of benzene rings is 1. The highest BCUT2D eigenvalue weighted by Gasteiger charge is 2.12. The van der Waals surface area contributed by atoms with E-state index >= 15 is 0 Å². The number of hydrogen-bond donors (Lipinski definition) is 1. The first-order valence-corrected chi connectivity index (χ1v) is 7.53. The third kappa shape index (κ3) is 4.02. The van der Waals surface area contributed by atoms with Crippen LogP contribution in [0.25, 0.3) is 0 Å². The lowest BCUT2D eigenvalue weighted by Gasteiger charge is -2.24. The maximum Gasteiger partial charge on any atom is 0.136 e. The summed E-state index contributed by atoms with van der Waals surface area (Å²) >= 11 is 0. The zero-order valence-corrected chi connectivity index (χ0v) is 13.1. The number of nitrogens with zero attached hydrogens (tertiary/aromatic N) is 3. The van der Waals surface area contributed by atoms with Crippen LogP contribution in [-0.2, 0) is 6.42 Å². The van der Waals surface area contributed by atoms with Crippen LogP contribution < -0.4 is 10.6 Å². The second-order valence-corrected chi connectivity index (χ2v) is 5.25. The zero-order valence-electron chi connectivity index (χ0n) is 13.1. The first-order chi connectivity index (χ1) is 10.1. The summed E-state index contributed by atoms with van der Waals surface area (Å²) in [5, 5.41) is 0. The number of anilines is 2. The molecule has 112 valence electrons. The molecule has 0 spiro atoms. The summed E-state index contributed by atoms with van der Waals surface area (Å²) in [5.74, 6) is 1.77. The van der Waals surface area contributed by atoms with Gasteiger partial charge in [0.15, 0.2) is 0 Å². The lowest BCUT2D eigenvalue weighted by molar-refractivity contribution is 0.801. The van der Waals surface area contributed by atoms with Gasteiger partial charge in [0.05, 0.1) is 0 Å². The molecule has 21 heavy (non-hydrogen) atoms. The van der Waals surface area contributed by atoms with Crippen LogP contribution in [0.2, 0.25) is 0 Å². The van der Waals surface area contributed by atoms with Crippen molar-refractivity contribution in [1.82, 2.24) is 9.97 Å². The van der Waals surface area contributed by atoms with Crippen molar-refractivity contribution in [2.45, 2.75) is 33.6 Å². The summed E-state index contributed by atoms with van der Waals surface area (Å²) in [6.45, 7) is 7.70. The molecule has 2 rings (SSSR count). The molecule has 0 radical (unpaired) electrons. The summed E-state index contributed by atoms with van der Waals surface area (Å²) in [7, 11) is 0. The fourth-order valence-corrected chi connectivity index (χ4v) is 2.35. The van der Waals surface area contributed by atoms with Gasteiger partial charge in [0.25, 0.3) is 0 Å². The third-order valence-electron chi connectivity index (χ3n) is 3.42. The van der Waals surface area contributed by atoms with Crippen LogP contribution in [0, 0.1) is 13.8 Å². The van der Waals surface area contributed by atoms with Crippen molar-refractivity contribution in [2.24, 2.45) is 5.73 Å². The van der Waals surface area contributed by atoms with Gasteiger partial charge in [-0.3, -0.25) is 0 Å². The molecular formula is C17H24N4.